The van der Waals surface area contributed by atoms with Gasteiger partial charge >= 0.3 is 5.97 Å². The Balaban J connectivity index is 1.65. The summed E-state index contributed by atoms with van der Waals surface area (Å²) in [5.74, 6) is -0.713. The molecule has 1 aromatic rings. The average molecular weight is 268 g/mol. The number of aromatic nitrogens is 3. The lowest BCUT2D eigenvalue weighted by atomic mass is 9.98. The van der Waals surface area contributed by atoms with Crippen molar-refractivity contribution in [2.75, 3.05) is 0 Å². The maximum Gasteiger partial charge on any atom is 0.323 e. The summed E-state index contributed by atoms with van der Waals surface area (Å²) in [6.45, 7) is 0. The van der Waals surface area contributed by atoms with Crippen LogP contribution in [-0.2, 0) is 4.79 Å². The minimum atomic E-state index is -0.723. The molecule has 0 radical (unpaired) electrons. The standard InChI is InChI=1S/C11H16N4O2S/c16-9(17)11(14-7-1-2-7)4-3-8(5-11)18-10-12-6-13-15-10/h6-8,14H,1-5H2,(H,16,17)(H,12,13,15). The normalized spacial score (nSPS) is 31.7. The Bertz CT molecular complexity index is 434. The average Bonchev–Trinajstić information content (AvgIpc) is 2.84. The minimum absolute atomic E-state index is 0.292. The molecule has 18 heavy (non-hydrogen) atoms. The highest BCUT2D eigenvalue weighted by Gasteiger charge is 2.48. The van der Waals surface area contributed by atoms with Gasteiger partial charge in [0.25, 0.3) is 0 Å². The van der Waals surface area contributed by atoms with E-state index in [2.05, 4.69) is 20.5 Å². The van der Waals surface area contributed by atoms with Crippen LogP contribution in [0.25, 0.3) is 0 Å². The molecule has 6 nitrogen and oxygen atoms in total. The second kappa shape index (κ2) is 4.55. The first-order chi connectivity index (χ1) is 8.68. The Labute approximate surface area is 109 Å². The van der Waals surface area contributed by atoms with E-state index >= 15 is 0 Å². The molecule has 0 bridgehead atoms. The van der Waals surface area contributed by atoms with Crippen LogP contribution in [0.2, 0.25) is 0 Å². The van der Waals surface area contributed by atoms with Crippen LogP contribution in [0, 0.1) is 0 Å². The van der Waals surface area contributed by atoms with Crippen molar-refractivity contribution in [1.82, 2.24) is 20.5 Å². The topological polar surface area (TPSA) is 90.9 Å². The zero-order valence-corrected chi connectivity index (χ0v) is 10.7. The van der Waals surface area contributed by atoms with Crippen molar-refractivity contribution < 1.29 is 9.90 Å². The third-order valence-electron chi connectivity index (χ3n) is 3.61. The highest BCUT2D eigenvalue weighted by molar-refractivity contribution is 7.99. The van der Waals surface area contributed by atoms with Crippen LogP contribution >= 0.6 is 11.8 Å². The van der Waals surface area contributed by atoms with E-state index in [-0.39, 0.29) is 0 Å². The maximum atomic E-state index is 11.5. The Morgan fingerprint density at radius 3 is 3.00 bits per heavy atom. The Kier molecular flexibility index (Phi) is 3.03. The van der Waals surface area contributed by atoms with E-state index in [1.165, 1.54) is 6.33 Å². The summed E-state index contributed by atoms with van der Waals surface area (Å²) < 4.78 is 0. The van der Waals surface area contributed by atoms with Gasteiger partial charge in [-0.1, -0.05) is 11.8 Å². The number of carbonyl (C=O) groups is 1. The number of hydrogen-bond donors (Lipinski definition) is 3. The molecule has 0 aromatic carbocycles. The molecule has 98 valence electrons. The molecule has 0 amide bonds. The van der Waals surface area contributed by atoms with Crippen LogP contribution in [0.15, 0.2) is 11.5 Å². The van der Waals surface area contributed by atoms with E-state index in [4.69, 9.17) is 0 Å². The van der Waals surface area contributed by atoms with Crippen molar-refractivity contribution >= 4 is 17.7 Å². The molecule has 7 heteroatoms. The molecule has 0 saturated heterocycles. The van der Waals surface area contributed by atoms with Gasteiger partial charge < -0.3 is 5.11 Å². The summed E-state index contributed by atoms with van der Waals surface area (Å²) in [6, 6.07) is 0.412. The number of rotatable bonds is 5. The van der Waals surface area contributed by atoms with Crippen LogP contribution in [0.1, 0.15) is 32.1 Å². The van der Waals surface area contributed by atoms with E-state index in [1.807, 2.05) is 0 Å². The van der Waals surface area contributed by atoms with Crippen molar-refractivity contribution in [1.29, 1.82) is 0 Å². The van der Waals surface area contributed by atoms with Crippen molar-refractivity contribution in [2.45, 2.75) is 54.1 Å². The molecule has 0 spiro atoms. The molecule has 2 atom stereocenters. The van der Waals surface area contributed by atoms with Gasteiger partial charge in [-0.15, -0.1) is 0 Å². The van der Waals surface area contributed by atoms with Crippen LogP contribution in [0.5, 0.6) is 0 Å². The Morgan fingerprint density at radius 1 is 1.56 bits per heavy atom. The quantitative estimate of drug-likeness (QED) is 0.738. The Hall–Kier alpha value is -1.08. The number of nitrogens with one attached hydrogen (secondary N) is 2. The first-order valence-electron chi connectivity index (χ1n) is 6.21. The SMILES string of the molecule is O=C(O)C1(NC2CC2)CCC(Sc2ncn[nH]2)C1. The fourth-order valence-corrected chi connectivity index (χ4v) is 3.65. The first-order valence-corrected chi connectivity index (χ1v) is 7.09. The van der Waals surface area contributed by atoms with Crippen molar-refractivity contribution in [2.24, 2.45) is 0 Å². The molecule has 3 rings (SSSR count). The molecule has 2 unspecified atom stereocenters. The second-order valence-corrected chi connectivity index (χ2v) is 6.37. The van der Waals surface area contributed by atoms with Gasteiger partial charge in [0.1, 0.15) is 11.9 Å². The third kappa shape index (κ3) is 2.37. The number of carboxylic acids is 1. The summed E-state index contributed by atoms with van der Waals surface area (Å²) in [5.41, 5.74) is -0.723. The molecule has 1 aromatic heterocycles. The van der Waals surface area contributed by atoms with Gasteiger partial charge in [0.15, 0.2) is 5.16 Å². The predicted molar refractivity (Wildman–Crippen MR) is 66.4 cm³/mol. The second-order valence-electron chi connectivity index (χ2n) is 5.08. The minimum Gasteiger partial charge on any atom is -0.480 e. The molecule has 2 fully saturated rings. The molecule has 0 aliphatic heterocycles. The molecule has 2 aliphatic carbocycles. The molecular weight excluding hydrogens is 252 g/mol. The van der Waals surface area contributed by atoms with Gasteiger partial charge in [0.05, 0.1) is 0 Å². The highest BCUT2D eigenvalue weighted by Crippen LogP contribution is 2.41. The Morgan fingerprint density at radius 2 is 2.39 bits per heavy atom. The number of nitrogens with zero attached hydrogens (tertiary/aromatic N) is 2. The fourth-order valence-electron chi connectivity index (χ4n) is 2.52. The number of aromatic amines is 1. The third-order valence-corrected chi connectivity index (χ3v) is 4.76. The number of hydrogen-bond acceptors (Lipinski definition) is 5. The number of H-pyrrole nitrogens is 1. The molecular formula is C11H16N4O2S. The van der Waals surface area contributed by atoms with E-state index in [1.54, 1.807) is 11.8 Å². The summed E-state index contributed by atoms with van der Waals surface area (Å²) in [6.07, 6.45) is 5.94. The van der Waals surface area contributed by atoms with Crippen molar-refractivity contribution in [3.05, 3.63) is 6.33 Å². The van der Waals surface area contributed by atoms with Crippen LogP contribution in [-0.4, -0.2) is 43.1 Å². The number of thioether (sulfide) groups is 1. The highest BCUT2D eigenvalue weighted by atomic mass is 32.2. The lowest BCUT2D eigenvalue weighted by Gasteiger charge is -2.25. The lowest BCUT2D eigenvalue weighted by Crippen LogP contribution is -2.51. The summed E-state index contributed by atoms with van der Waals surface area (Å²) >= 11 is 1.59. The molecule has 1 heterocycles. The number of aliphatic carboxylic acids is 1. The van der Waals surface area contributed by atoms with Crippen LogP contribution < -0.4 is 5.32 Å². The van der Waals surface area contributed by atoms with E-state index in [9.17, 15) is 9.90 Å². The van der Waals surface area contributed by atoms with Gasteiger partial charge in [-0.3, -0.25) is 15.2 Å². The van der Waals surface area contributed by atoms with Gasteiger partial charge in [-0.2, -0.15) is 5.10 Å². The summed E-state index contributed by atoms with van der Waals surface area (Å²) in [7, 11) is 0. The smallest absolute Gasteiger partial charge is 0.323 e. The van der Waals surface area contributed by atoms with E-state index in [0.29, 0.717) is 24.1 Å². The van der Waals surface area contributed by atoms with E-state index in [0.717, 1.165) is 24.4 Å². The predicted octanol–water partition coefficient (Wildman–Crippen LogP) is 1.02. The maximum absolute atomic E-state index is 11.5. The zero-order valence-electron chi connectivity index (χ0n) is 9.93. The van der Waals surface area contributed by atoms with Gasteiger partial charge in [0, 0.05) is 11.3 Å². The van der Waals surface area contributed by atoms with E-state index < -0.39 is 11.5 Å². The van der Waals surface area contributed by atoms with Gasteiger partial charge in [-0.25, -0.2) is 4.98 Å². The summed E-state index contributed by atoms with van der Waals surface area (Å²) in [5, 5.41) is 20.5. The van der Waals surface area contributed by atoms with Gasteiger partial charge in [-0.05, 0) is 32.1 Å². The summed E-state index contributed by atoms with van der Waals surface area (Å²) in [4.78, 5) is 15.6. The molecule has 2 saturated carbocycles. The van der Waals surface area contributed by atoms with Crippen molar-refractivity contribution in [3.63, 3.8) is 0 Å². The molecule has 2 aliphatic rings. The van der Waals surface area contributed by atoms with Gasteiger partial charge in [0.2, 0.25) is 0 Å². The van der Waals surface area contributed by atoms with Crippen LogP contribution in [0.3, 0.4) is 0 Å². The monoisotopic (exact) mass is 268 g/mol. The first kappa shape index (κ1) is 12.0. The fraction of sp³-hybridized carbons (Fsp3) is 0.727. The van der Waals surface area contributed by atoms with Crippen molar-refractivity contribution in [3.8, 4) is 0 Å². The lowest BCUT2D eigenvalue weighted by molar-refractivity contribution is -0.144. The largest absolute Gasteiger partial charge is 0.480 e. The number of carboxylic acid groups (broad SMARTS) is 1. The molecule has 3 N–H and O–H groups in total. The zero-order chi connectivity index (χ0) is 12.6. The van der Waals surface area contributed by atoms with Crippen LogP contribution in [0.4, 0.5) is 0 Å².